The highest BCUT2D eigenvalue weighted by Crippen LogP contribution is 2.24. The molecule has 0 fully saturated rings. The number of aromatic nitrogens is 4. The van der Waals surface area contributed by atoms with Crippen molar-refractivity contribution in [2.45, 2.75) is 27.3 Å². The third kappa shape index (κ3) is 3.21. The molecule has 3 aromatic heterocycles. The molecular formula is C17H19N5O. The van der Waals surface area contributed by atoms with Gasteiger partial charge in [-0.3, -0.25) is 4.98 Å². The first-order valence-corrected chi connectivity index (χ1v) is 7.43. The predicted octanol–water partition coefficient (Wildman–Crippen LogP) is 3.09. The van der Waals surface area contributed by atoms with Crippen LogP contribution in [0.1, 0.15) is 22.7 Å². The van der Waals surface area contributed by atoms with Gasteiger partial charge < -0.3 is 9.42 Å². The van der Waals surface area contributed by atoms with Gasteiger partial charge in [0.2, 0.25) is 0 Å². The van der Waals surface area contributed by atoms with E-state index in [1.165, 1.54) is 0 Å². The van der Waals surface area contributed by atoms with Gasteiger partial charge in [-0.05, 0) is 32.9 Å². The Hall–Kier alpha value is -2.76. The van der Waals surface area contributed by atoms with Crippen LogP contribution in [0.15, 0.2) is 35.1 Å². The van der Waals surface area contributed by atoms with Gasteiger partial charge in [-0.1, -0.05) is 5.16 Å². The molecule has 0 aromatic carbocycles. The van der Waals surface area contributed by atoms with Gasteiger partial charge in [-0.2, -0.15) is 0 Å². The molecule has 0 atom stereocenters. The fourth-order valence-electron chi connectivity index (χ4n) is 2.42. The number of hydrogen-bond acceptors (Lipinski definition) is 6. The van der Waals surface area contributed by atoms with E-state index in [2.05, 4.69) is 20.0 Å². The maximum Gasteiger partial charge on any atom is 0.163 e. The Balaban J connectivity index is 1.96. The van der Waals surface area contributed by atoms with Gasteiger partial charge >= 0.3 is 0 Å². The van der Waals surface area contributed by atoms with Crippen LogP contribution in [0.25, 0.3) is 11.4 Å². The van der Waals surface area contributed by atoms with Crippen LogP contribution >= 0.6 is 0 Å². The smallest absolute Gasteiger partial charge is 0.163 e. The zero-order chi connectivity index (χ0) is 16.4. The van der Waals surface area contributed by atoms with Crippen LogP contribution in [0, 0.1) is 20.8 Å². The summed E-state index contributed by atoms with van der Waals surface area (Å²) in [5, 5.41) is 4.04. The van der Waals surface area contributed by atoms with E-state index in [0.717, 1.165) is 34.1 Å². The molecule has 0 aliphatic carbocycles. The van der Waals surface area contributed by atoms with Crippen LogP contribution in [-0.2, 0) is 6.54 Å². The van der Waals surface area contributed by atoms with E-state index < -0.39 is 0 Å². The number of pyridine rings is 1. The van der Waals surface area contributed by atoms with Crippen molar-refractivity contribution in [3.63, 3.8) is 0 Å². The minimum atomic E-state index is 0.626. The predicted molar refractivity (Wildman–Crippen MR) is 88.1 cm³/mol. The van der Waals surface area contributed by atoms with Crippen molar-refractivity contribution in [3.8, 4) is 11.4 Å². The Bertz CT molecular complexity index is 813. The second kappa shape index (κ2) is 6.16. The Kier molecular flexibility index (Phi) is 4.06. The number of hydrogen-bond donors (Lipinski definition) is 0. The summed E-state index contributed by atoms with van der Waals surface area (Å²) in [5.74, 6) is 2.37. The zero-order valence-corrected chi connectivity index (χ0v) is 13.7. The quantitative estimate of drug-likeness (QED) is 0.737. The molecular weight excluding hydrogens is 290 g/mol. The summed E-state index contributed by atoms with van der Waals surface area (Å²) in [6, 6.07) is 5.78. The average molecular weight is 309 g/mol. The fraction of sp³-hybridized carbons (Fsp3) is 0.294. The monoisotopic (exact) mass is 309 g/mol. The van der Waals surface area contributed by atoms with E-state index in [1.54, 1.807) is 12.4 Å². The molecule has 3 heterocycles. The molecule has 0 N–H and O–H groups in total. The van der Waals surface area contributed by atoms with Crippen LogP contribution in [0.3, 0.4) is 0 Å². The molecule has 118 valence electrons. The molecule has 3 aromatic rings. The van der Waals surface area contributed by atoms with Crippen LogP contribution < -0.4 is 4.90 Å². The SMILES string of the molecule is Cc1cc(CN(C)c2nc(-c3cccnc3)nc(C)c2C)no1. The average Bonchev–Trinajstić information content (AvgIpc) is 2.95. The van der Waals surface area contributed by atoms with E-state index in [9.17, 15) is 0 Å². The topological polar surface area (TPSA) is 67.9 Å². The van der Waals surface area contributed by atoms with Gasteiger partial charge in [0.15, 0.2) is 5.82 Å². The Morgan fingerprint density at radius 1 is 1.17 bits per heavy atom. The second-order valence-electron chi connectivity index (χ2n) is 5.61. The summed E-state index contributed by atoms with van der Waals surface area (Å²) in [4.78, 5) is 15.5. The minimum Gasteiger partial charge on any atom is -0.361 e. The molecule has 0 unspecified atom stereocenters. The van der Waals surface area contributed by atoms with Crippen molar-refractivity contribution < 1.29 is 4.52 Å². The van der Waals surface area contributed by atoms with Crippen molar-refractivity contribution in [1.82, 2.24) is 20.1 Å². The molecule has 0 saturated heterocycles. The van der Waals surface area contributed by atoms with Crippen molar-refractivity contribution in [3.05, 3.63) is 53.3 Å². The number of nitrogens with zero attached hydrogens (tertiary/aromatic N) is 5. The Morgan fingerprint density at radius 2 is 2.00 bits per heavy atom. The molecule has 0 spiro atoms. The molecule has 6 nitrogen and oxygen atoms in total. The Morgan fingerprint density at radius 3 is 2.65 bits per heavy atom. The molecule has 0 radical (unpaired) electrons. The van der Waals surface area contributed by atoms with Gasteiger partial charge in [0, 0.05) is 42.3 Å². The third-order valence-corrected chi connectivity index (χ3v) is 3.72. The maximum absolute atomic E-state index is 5.13. The lowest BCUT2D eigenvalue weighted by atomic mass is 10.2. The van der Waals surface area contributed by atoms with Crippen molar-refractivity contribution in [1.29, 1.82) is 0 Å². The summed E-state index contributed by atoms with van der Waals surface area (Å²) >= 11 is 0. The van der Waals surface area contributed by atoms with E-state index in [0.29, 0.717) is 12.4 Å². The van der Waals surface area contributed by atoms with Gasteiger partial charge in [-0.15, -0.1) is 0 Å². The fourth-order valence-corrected chi connectivity index (χ4v) is 2.42. The van der Waals surface area contributed by atoms with E-state index >= 15 is 0 Å². The zero-order valence-electron chi connectivity index (χ0n) is 13.7. The first-order valence-electron chi connectivity index (χ1n) is 7.43. The minimum absolute atomic E-state index is 0.626. The summed E-state index contributed by atoms with van der Waals surface area (Å²) in [6.07, 6.45) is 3.51. The third-order valence-electron chi connectivity index (χ3n) is 3.72. The van der Waals surface area contributed by atoms with Gasteiger partial charge in [0.05, 0.1) is 6.54 Å². The molecule has 0 saturated carbocycles. The molecule has 0 bridgehead atoms. The van der Waals surface area contributed by atoms with Crippen molar-refractivity contribution in [2.75, 3.05) is 11.9 Å². The second-order valence-corrected chi connectivity index (χ2v) is 5.61. The highest BCUT2D eigenvalue weighted by Gasteiger charge is 2.14. The van der Waals surface area contributed by atoms with Gasteiger partial charge in [-0.25, -0.2) is 9.97 Å². The summed E-state index contributed by atoms with van der Waals surface area (Å²) in [6.45, 7) is 6.54. The highest BCUT2D eigenvalue weighted by atomic mass is 16.5. The van der Waals surface area contributed by atoms with E-state index in [4.69, 9.17) is 9.51 Å². The highest BCUT2D eigenvalue weighted by molar-refractivity contribution is 5.59. The van der Waals surface area contributed by atoms with E-state index in [1.807, 2.05) is 46.0 Å². The molecule has 3 rings (SSSR count). The van der Waals surface area contributed by atoms with Crippen LogP contribution in [0.2, 0.25) is 0 Å². The lowest BCUT2D eigenvalue weighted by Gasteiger charge is -2.20. The van der Waals surface area contributed by atoms with Gasteiger partial charge in [0.25, 0.3) is 0 Å². The van der Waals surface area contributed by atoms with Crippen molar-refractivity contribution in [2.24, 2.45) is 0 Å². The summed E-state index contributed by atoms with van der Waals surface area (Å²) in [7, 11) is 1.99. The molecule has 6 heteroatoms. The van der Waals surface area contributed by atoms with Gasteiger partial charge in [0.1, 0.15) is 17.3 Å². The Labute approximate surface area is 135 Å². The number of rotatable bonds is 4. The first-order chi connectivity index (χ1) is 11.0. The van der Waals surface area contributed by atoms with Crippen LogP contribution in [0.5, 0.6) is 0 Å². The van der Waals surface area contributed by atoms with E-state index in [-0.39, 0.29) is 0 Å². The largest absolute Gasteiger partial charge is 0.361 e. The first kappa shape index (κ1) is 15.1. The molecule has 0 aliphatic heterocycles. The molecule has 0 aliphatic rings. The van der Waals surface area contributed by atoms with Crippen molar-refractivity contribution >= 4 is 5.82 Å². The summed E-state index contributed by atoms with van der Waals surface area (Å²) < 4.78 is 5.13. The molecule has 23 heavy (non-hydrogen) atoms. The lowest BCUT2D eigenvalue weighted by Crippen LogP contribution is -2.20. The lowest BCUT2D eigenvalue weighted by molar-refractivity contribution is 0.390. The maximum atomic E-state index is 5.13. The summed E-state index contributed by atoms with van der Waals surface area (Å²) in [5.41, 5.74) is 3.79. The van der Waals surface area contributed by atoms with Crippen LogP contribution in [0.4, 0.5) is 5.82 Å². The molecule has 0 amide bonds. The number of aryl methyl sites for hydroxylation is 2. The van der Waals surface area contributed by atoms with Crippen LogP contribution in [-0.4, -0.2) is 27.2 Å². The number of anilines is 1. The standard InChI is InChI=1S/C17H19N5O/c1-11-8-15(21-23-11)10-22(4)17-12(2)13(3)19-16(20-17)14-6-5-7-18-9-14/h5-9H,10H2,1-4H3. The normalized spacial score (nSPS) is 10.8.